The summed E-state index contributed by atoms with van der Waals surface area (Å²) in [6.07, 6.45) is 0. The van der Waals surface area contributed by atoms with E-state index in [4.69, 9.17) is 4.74 Å². The summed E-state index contributed by atoms with van der Waals surface area (Å²) in [5.74, 6) is 0.192. The van der Waals surface area contributed by atoms with E-state index in [2.05, 4.69) is 32.5 Å². The van der Waals surface area contributed by atoms with Gasteiger partial charge >= 0.3 is 0 Å². The molecular formula is C18H19BrN2O2. The first-order valence-electron chi connectivity index (χ1n) is 7.18. The number of hydrogen-bond donors (Lipinski definition) is 1. The predicted molar refractivity (Wildman–Crippen MR) is 96.3 cm³/mol. The summed E-state index contributed by atoms with van der Waals surface area (Å²) in [5.41, 5.74) is 7.11. The van der Waals surface area contributed by atoms with Crippen molar-refractivity contribution in [2.45, 2.75) is 20.8 Å². The zero-order valence-electron chi connectivity index (χ0n) is 13.6. The fourth-order valence-corrected chi connectivity index (χ4v) is 2.69. The van der Waals surface area contributed by atoms with Gasteiger partial charge < -0.3 is 4.74 Å². The van der Waals surface area contributed by atoms with Gasteiger partial charge in [-0.05, 0) is 44.5 Å². The molecule has 0 atom stereocenters. The molecule has 0 radical (unpaired) electrons. The largest absolute Gasteiger partial charge is 0.496 e. The molecule has 1 N–H and O–H groups in total. The van der Waals surface area contributed by atoms with Crippen molar-refractivity contribution in [2.75, 3.05) is 7.11 Å². The highest BCUT2D eigenvalue weighted by molar-refractivity contribution is 9.10. The minimum atomic E-state index is -0.313. The van der Waals surface area contributed by atoms with Crippen molar-refractivity contribution in [3.8, 4) is 5.75 Å². The second kappa shape index (κ2) is 7.42. The van der Waals surface area contributed by atoms with Crippen LogP contribution in [0.25, 0.3) is 0 Å². The Morgan fingerprint density at radius 2 is 1.87 bits per heavy atom. The fraction of sp³-hybridized carbons (Fsp3) is 0.222. The summed E-state index contributed by atoms with van der Waals surface area (Å²) >= 11 is 3.36. The molecule has 0 saturated carbocycles. The molecule has 0 heterocycles. The maximum atomic E-state index is 12.3. The number of methoxy groups -OCH3 is 1. The Kier molecular flexibility index (Phi) is 5.55. The molecule has 0 saturated heterocycles. The Labute approximate surface area is 144 Å². The first-order valence-corrected chi connectivity index (χ1v) is 7.97. The molecule has 0 unspecified atom stereocenters. The van der Waals surface area contributed by atoms with Crippen LogP contribution in [0.5, 0.6) is 5.75 Å². The first kappa shape index (κ1) is 17.2. The molecule has 5 heteroatoms. The average Bonchev–Trinajstić information content (AvgIpc) is 2.52. The summed E-state index contributed by atoms with van der Waals surface area (Å²) < 4.78 is 6.02. The third kappa shape index (κ3) is 4.20. The fourth-order valence-electron chi connectivity index (χ4n) is 2.33. The summed E-state index contributed by atoms with van der Waals surface area (Å²) in [5, 5.41) is 4.21. The molecule has 1 amide bonds. The number of amides is 1. The monoisotopic (exact) mass is 374 g/mol. The molecule has 2 rings (SSSR count). The van der Waals surface area contributed by atoms with Crippen LogP contribution < -0.4 is 10.2 Å². The highest BCUT2D eigenvalue weighted by Crippen LogP contribution is 2.22. The van der Waals surface area contributed by atoms with E-state index in [0.717, 1.165) is 21.3 Å². The van der Waals surface area contributed by atoms with E-state index >= 15 is 0 Å². The SMILES string of the molecule is COc1ccc(Br)cc1C(=O)N/N=C(/C)c1ccc(C)cc1C. The van der Waals surface area contributed by atoms with Crippen molar-refractivity contribution >= 4 is 27.5 Å². The Balaban J connectivity index is 2.22. The van der Waals surface area contributed by atoms with Crippen molar-refractivity contribution in [1.29, 1.82) is 0 Å². The molecule has 0 aromatic heterocycles. The second-order valence-electron chi connectivity index (χ2n) is 5.30. The number of carbonyl (C=O) groups excluding carboxylic acids is 1. The van der Waals surface area contributed by atoms with E-state index < -0.39 is 0 Å². The van der Waals surface area contributed by atoms with Crippen LogP contribution in [0.15, 0.2) is 46.0 Å². The van der Waals surface area contributed by atoms with Gasteiger partial charge in [-0.25, -0.2) is 5.43 Å². The van der Waals surface area contributed by atoms with Crippen molar-refractivity contribution in [3.05, 3.63) is 63.1 Å². The standard InChI is InChI=1S/C18H19BrN2O2/c1-11-5-7-15(12(2)9-11)13(3)20-21-18(22)16-10-14(19)6-8-17(16)23-4/h5-10H,1-4H3,(H,21,22)/b20-13-. The Bertz CT molecular complexity index is 770. The molecule has 2 aromatic carbocycles. The van der Waals surface area contributed by atoms with Gasteiger partial charge in [-0.3, -0.25) is 4.79 Å². The molecule has 2 aromatic rings. The molecular weight excluding hydrogens is 356 g/mol. The van der Waals surface area contributed by atoms with E-state index in [1.54, 1.807) is 12.1 Å². The Morgan fingerprint density at radius 1 is 1.13 bits per heavy atom. The predicted octanol–water partition coefficient (Wildman–Crippen LogP) is 4.23. The lowest BCUT2D eigenvalue weighted by molar-refractivity contribution is 0.0951. The number of aryl methyl sites for hydroxylation is 2. The number of nitrogens with one attached hydrogen (secondary N) is 1. The van der Waals surface area contributed by atoms with E-state index in [1.165, 1.54) is 12.7 Å². The van der Waals surface area contributed by atoms with Gasteiger partial charge in [0.1, 0.15) is 5.75 Å². The molecule has 0 fully saturated rings. The van der Waals surface area contributed by atoms with Gasteiger partial charge in [0, 0.05) is 10.0 Å². The zero-order chi connectivity index (χ0) is 17.0. The Hall–Kier alpha value is -2.14. The summed E-state index contributed by atoms with van der Waals surface area (Å²) in [4.78, 5) is 12.3. The quantitative estimate of drug-likeness (QED) is 0.642. The van der Waals surface area contributed by atoms with Crippen LogP contribution in [0.4, 0.5) is 0 Å². The molecule has 23 heavy (non-hydrogen) atoms. The van der Waals surface area contributed by atoms with E-state index in [0.29, 0.717) is 11.3 Å². The smallest absolute Gasteiger partial charge is 0.275 e. The van der Waals surface area contributed by atoms with Gasteiger partial charge in [0.2, 0.25) is 0 Å². The van der Waals surface area contributed by atoms with Crippen LogP contribution in [0.1, 0.15) is 34.0 Å². The molecule has 4 nitrogen and oxygen atoms in total. The highest BCUT2D eigenvalue weighted by Gasteiger charge is 2.12. The number of rotatable bonds is 4. The molecule has 0 aliphatic carbocycles. The van der Waals surface area contributed by atoms with Gasteiger partial charge in [-0.2, -0.15) is 5.10 Å². The number of halogens is 1. The van der Waals surface area contributed by atoms with E-state index in [1.807, 2.05) is 39.0 Å². The summed E-state index contributed by atoms with van der Waals surface area (Å²) in [6, 6.07) is 11.4. The van der Waals surface area contributed by atoms with Crippen molar-refractivity contribution in [3.63, 3.8) is 0 Å². The Morgan fingerprint density at radius 3 is 2.52 bits per heavy atom. The van der Waals surface area contributed by atoms with Crippen LogP contribution in [0.3, 0.4) is 0 Å². The third-order valence-corrected chi connectivity index (χ3v) is 4.00. The number of ether oxygens (including phenoxy) is 1. The maximum Gasteiger partial charge on any atom is 0.275 e. The number of hydrogen-bond acceptors (Lipinski definition) is 3. The molecule has 0 spiro atoms. The normalized spacial score (nSPS) is 11.3. The van der Waals surface area contributed by atoms with E-state index in [9.17, 15) is 4.79 Å². The van der Waals surface area contributed by atoms with E-state index in [-0.39, 0.29) is 5.91 Å². The number of nitrogens with zero attached hydrogens (tertiary/aromatic N) is 1. The summed E-state index contributed by atoms with van der Waals surface area (Å²) in [7, 11) is 1.53. The van der Waals surface area contributed by atoms with Crippen LogP contribution >= 0.6 is 15.9 Å². The zero-order valence-corrected chi connectivity index (χ0v) is 15.2. The van der Waals surface area contributed by atoms with Gasteiger partial charge in [0.25, 0.3) is 5.91 Å². The number of benzene rings is 2. The van der Waals surface area contributed by atoms with Gasteiger partial charge in [0.15, 0.2) is 0 Å². The number of carbonyl (C=O) groups is 1. The summed E-state index contributed by atoms with van der Waals surface area (Å²) in [6.45, 7) is 5.95. The minimum Gasteiger partial charge on any atom is -0.496 e. The van der Waals surface area contributed by atoms with Crippen LogP contribution in [-0.2, 0) is 0 Å². The first-order chi connectivity index (χ1) is 10.9. The van der Waals surface area contributed by atoms with Crippen LogP contribution in [0.2, 0.25) is 0 Å². The molecule has 0 bridgehead atoms. The van der Waals surface area contributed by atoms with Gasteiger partial charge in [0.05, 0.1) is 18.4 Å². The average molecular weight is 375 g/mol. The number of hydrazone groups is 1. The highest BCUT2D eigenvalue weighted by atomic mass is 79.9. The minimum absolute atomic E-state index is 0.313. The van der Waals surface area contributed by atoms with Crippen LogP contribution in [0, 0.1) is 13.8 Å². The van der Waals surface area contributed by atoms with Crippen LogP contribution in [-0.4, -0.2) is 18.7 Å². The topological polar surface area (TPSA) is 50.7 Å². The van der Waals surface area contributed by atoms with Crippen molar-refractivity contribution in [2.24, 2.45) is 5.10 Å². The lowest BCUT2D eigenvalue weighted by atomic mass is 10.0. The molecule has 0 aliphatic heterocycles. The van der Waals surface area contributed by atoms with Crippen molar-refractivity contribution < 1.29 is 9.53 Å². The molecule has 120 valence electrons. The van der Waals surface area contributed by atoms with Crippen molar-refractivity contribution in [1.82, 2.24) is 5.43 Å². The second-order valence-corrected chi connectivity index (χ2v) is 6.22. The van der Waals surface area contributed by atoms with Gasteiger partial charge in [-0.15, -0.1) is 0 Å². The lowest BCUT2D eigenvalue weighted by Gasteiger charge is -2.09. The van der Waals surface area contributed by atoms with Gasteiger partial charge in [-0.1, -0.05) is 39.7 Å². The maximum absolute atomic E-state index is 12.3. The molecule has 0 aliphatic rings. The lowest BCUT2D eigenvalue weighted by Crippen LogP contribution is -2.20. The third-order valence-electron chi connectivity index (χ3n) is 3.50.